The Morgan fingerprint density at radius 1 is 0.967 bits per heavy atom. The van der Waals surface area contributed by atoms with Crippen LogP contribution in [0.5, 0.6) is 11.5 Å². The standard InChI is InChI=1S/C20H29ClN4O5/c1-28-17-12-18(29-2)16(11-15(17)21)22-19(26)13-23-3-5-25(6-4-23)20(27)14-24-7-9-30-10-8-24/h11-12H,3-10,13-14H2,1-2H3,(H,22,26). The van der Waals surface area contributed by atoms with E-state index in [0.717, 1.165) is 13.1 Å². The van der Waals surface area contributed by atoms with E-state index in [0.29, 0.717) is 68.1 Å². The number of amides is 2. The van der Waals surface area contributed by atoms with E-state index >= 15 is 0 Å². The van der Waals surface area contributed by atoms with E-state index in [1.165, 1.54) is 14.2 Å². The highest BCUT2D eigenvalue weighted by Crippen LogP contribution is 2.35. The lowest BCUT2D eigenvalue weighted by molar-refractivity contribution is -0.135. The van der Waals surface area contributed by atoms with Crippen molar-refractivity contribution in [2.45, 2.75) is 0 Å². The fourth-order valence-corrected chi connectivity index (χ4v) is 3.80. The number of nitrogens with zero attached hydrogens (tertiary/aromatic N) is 3. The first-order valence-corrected chi connectivity index (χ1v) is 10.4. The summed E-state index contributed by atoms with van der Waals surface area (Å²) in [6.45, 7) is 6.17. The zero-order chi connectivity index (χ0) is 21.5. The number of nitrogens with one attached hydrogen (secondary N) is 1. The number of anilines is 1. The van der Waals surface area contributed by atoms with Crippen LogP contribution in [-0.4, -0.2) is 106 Å². The maximum atomic E-state index is 12.5. The lowest BCUT2D eigenvalue weighted by Gasteiger charge is -2.36. The predicted octanol–water partition coefficient (Wildman–Crippen LogP) is 0.772. The normalized spacial score (nSPS) is 18.2. The molecule has 1 aromatic rings. The molecule has 0 aliphatic carbocycles. The second kappa shape index (κ2) is 10.8. The number of hydrogen-bond acceptors (Lipinski definition) is 7. The quantitative estimate of drug-likeness (QED) is 0.670. The van der Waals surface area contributed by atoms with Crippen molar-refractivity contribution in [2.24, 2.45) is 0 Å². The van der Waals surface area contributed by atoms with Crippen molar-refractivity contribution in [3.8, 4) is 11.5 Å². The number of halogens is 1. The van der Waals surface area contributed by atoms with Crippen LogP contribution in [0.25, 0.3) is 0 Å². The summed E-state index contributed by atoms with van der Waals surface area (Å²) in [5.74, 6) is 0.925. The Balaban J connectivity index is 1.46. The lowest BCUT2D eigenvalue weighted by atomic mass is 10.2. The van der Waals surface area contributed by atoms with Gasteiger partial charge < -0.3 is 24.4 Å². The van der Waals surface area contributed by atoms with E-state index in [1.807, 2.05) is 9.80 Å². The molecule has 166 valence electrons. The van der Waals surface area contributed by atoms with E-state index in [4.69, 9.17) is 25.8 Å². The van der Waals surface area contributed by atoms with Crippen molar-refractivity contribution in [2.75, 3.05) is 85.1 Å². The van der Waals surface area contributed by atoms with Gasteiger partial charge in [0.2, 0.25) is 11.8 Å². The van der Waals surface area contributed by atoms with Gasteiger partial charge in [0.15, 0.2) is 0 Å². The first kappa shape index (κ1) is 22.6. The number of morpholine rings is 1. The average Bonchev–Trinajstić information content (AvgIpc) is 2.75. The van der Waals surface area contributed by atoms with Crippen LogP contribution in [0.4, 0.5) is 5.69 Å². The molecular formula is C20H29ClN4O5. The molecule has 1 N–H and O–H groups in total. The van der Waals surface area contributed by atoms with Crippen LogP contribution >= 0.6 is 11.6 Å². The molecule has 0 radical (unpaired) electrons. The van der Waals surface area contributed by atoms with Gasteiger partial charge in [-0.05, 0) is 6.07 Å². The molecular weight excluding hydrogens is 412 g/mol. The predicted molar refractivity (Wildman–Crippen MR) is 113 cm³/mol. The molecule has 2 heterocycles. The minimum atomic E-state index is -0.164. The van der Waals surface area contributed by atoms with Crippen LogP contribution in [0.1, 0.15) is 0 Å². The second-order valence-corrected chi connectivity index (χ2v) is 7.69. The molecule has 1 aromatic carbocycles. The fourth-order valence-electron chi connectivity index (χ4n) is 3.56. The van der Waals surface area contributed by atoms with Crippen LogP contribution in [0, 0.1) is 0 Å². The summed E-state index contributed by atoms with van der Waals surface area (Å²) >= 11 is 6.16. The van der Waals surface area contributed by atoms with Gasteiger partial charge >= 0.3 is 0 Å². The molecule has 2 aliphatic rings. The molecule has 3 rings (SSSR count). The Morgan fingerprint density at radius 3 is 2.23 bits per heavy atom. The second-order valence-electron chi connectivity index (χ2n) is 7.28. The lowest BCUT2D eigenvalue weighted by Crippen LogP contribution is -2.53. The van der Waals surface area contributed by atoms with Crippen molar-refractivity contribution in [3.63, 3.8) is 0 Å². The first-order valence-electron chi connectivity index (χ1n) is 10.0. The maximum Gasteiger partial charge on any atom is 0.238 e. The molecule has 9 nitrogen and oxygen atoms in total. The zero-order valence-electron chi connectivity index (χ0n) is 17.5. The number of hydrogen-bond donors (Lipinski definition) is 1. The Hall–Kier alpha value is -2.07. The van der Waals surface area contributed by atoms with Crippen molar-refractivity contribution < 1.29 is 23.8 Å². The summed E-state index contributed by atoms with van der Waals surface area (Å²) in [6, 6.07) is 3.25. The Kier molecular flexibility index (Phi) is 8.15. The molecule has 2 amide bonds. The van der Waals surface area contributed by atoms with Gasteiger partial charge in [-0.25, -0.2) is 0 Å². The molecule has 2 fully saturated rings. The molecule has 0 unspecified atom stereocenters. The SMILES string of the molecule is COc1cc(OC)c(NC(=O)CN2CCN(C(=O)CN3CCOCC3)CC2)cc1Cl. The summed E-state index contributed by atoms with van der Waals surface area (Å²) in [7, 11) is 3.04. The van der Waals surface area contributed by atoms with Gasteiger partial charge in [-0.1, -0.05) is 11.6 Å². The zero-order valence-corrected chi connectivity index (χ0v) is 18.2. The molecule has 0 saturated carbocycles. The van der Waals surface area contributed by atoms with Crippen molar-refractivity contribution in [3.05, 3.63) is 17.2 Å². The van der Waals surface area contributed by atoms with Crippen LogP contribution < -0.4 is 14.8 Å². The van der Waals surface area contributed by atoms with Gasteiger partial charge in [0.1, 0.15) is 11.5 Å². The number of methoxy groups -OCH3 is 2. The molecule has 0 aromatic heterocycles. The molecule has 30 heavy (non-hydrogen) atoms. The number of carbonyl (C=O) groups is 2. The molecule has 2 aliphatic heterocycles. The largest absolute Gasteiger partial charge is 0.495 e. The minimum Gasteiger partial charge on any atom is -0.495 e. The molecule has 2 saturated heterocycles. The summed E-state index contributed by atoms with van der Waals surface area (Å²) in [5.41, 5.74) is 0.493. The summed E-state index contributed by atoms with van der Waals surface area (Å²) in [6.07, 6.45) is 0. The minimum absolute atomic E-state index is 0.138. The third kappa shape index (κ3) is 5.98. The molecule has 0 atom stereocenters. The number of benzene rings is 1. The highest BCUT2D eigenvalue weighted by Gasteiger charge is 2.24. The van der Waals surface area contributed by atoms with Gasteiger partial charge in [-0.15, -0.1) is 0 Å². The molecule has 0 bridgehead atoms. The van der Waals surface area contributed by atoms with Crippen LogP contribution in [0.15, 0.2) is 12.1 Å². The van der Waals surface area contributed by atoms with Crippen molar-refractivity contribution in [1.82, 2.24) is 14.7 Å². The van der Waals surface area contributed by atoms with E-state index in [2.05, 4.69) is 10.2 Å². The van der Waals surface area contributed by atoms with Crippen molar-refractivity contribution in [1.29, 1.82) is 0 Å². The van der Waals surface area contributed by atoms with Gasteiger partial charge in [0.05, 0.1) is 51.2 Å². The summed E-state index contributed by atoms with van der Waals surface area (Å²) in [4.78, 5) is 31.0. The topological polar surface area (TPSA) is 83.6 Å². The summed E-state index contributed by atoms with van der Waals surface area (Å²) < 4.78 is 15.8. The third-order valence-corrected chi connectivity index (χ3v) is 5.60. The van der Waals surface area contributed by atoms with Gasteiger partial charge in [0, 0.05) is 45.3 Å². The van der Waals surface area contributed by atoms with Crippen LogP contribution in [-0.2, 0) is 14.3 Å². The van der Waals surface area contributed by atoms with E-state index in [9.17, 15) is 9.59 Å². The van der Waals surface area contributed by atoms with Crippen molar-refractivity contribution >= 4 is 29.1 Å². The molecule has 0 spiro atoms. The maximum absolute atomic E-state index is 12.5. The van der Waals surface area contributed by atoms with Gasteiger partial charge in [-0.3, -0.25) is 19.4 Å². The fraction of sp³-hybridized carbons (Fsp3) is 0.600. The average molecular weight is 441 g/mol. The summed E-state index contributed by atoms with van der Waals surface area (Å²) in [5, 5.41) is 3.23. The van der Waals surface area contributed by atoms with Gasteiger partial charge in [0.25, 0.3) is 0 Å². The molecule has 10 heteroatoms. The third-order valence-electron chi connectivity index (χ3n) is 5.30. The Morgan fingerprint density at radius 2 is 1.60 bits per heavy atom. The Bertz CT molecular complexity index is 749. The highest BCUT2D eigenvalue weighted by atomic mass is 35.5. The van der Waals surface area contributed by atoms with E-state index in [-0.39, 0.29) is 18.4 Å². The number of piperazine rings is 1. The van der Waals surface area contributed by atoms with Crippen LogP contribution in [0.2, 0.25) is 5.02 Å². The van der Waals surface area contributed by atoms with E-state index < -0.39 is 0 Å². The first-order chi connectivity index (χ1) is 14.5. The van der Waals surface area contributed by atoms with E-state index in [1.54, 1.807) is 12.1 Å². The van der Waals surface area contributed by atoms with Gasteiger partial charge in [-0.2, -0.15) is 0 Å². The smallest absolute Gasteiger partial charge is 0.238 e. The number of rotatable bonds is 7. The van der Waals surface area contributed by atoms with Crippen LogP contribution in [0.3, 0.4) is 0 Å². The Labute approximate surface area is 181 Å². The number of ether oxygens (including phenoxy) is 3. The number of carbonyl (C=O) groups excluding carboxylic acids is 2. The highest BCUT2D eigenvalue weighted by molar-refractivity contribution is 6.32. The monoisotopic (exact) mass is 440 g/mol.